The van der Waals surface area contributed by atoms with E-state index in [-0.39, 0.29) is 11.9 Å². The Bertz CT molecular complexity index is 311. The zero-order chi connectivity index (χ0) is 13.4. The molecule has 0 aromatic rings. The summed E-state index contributed by atoms with van der Waals surface area (Å²) in [4.78, 5) is 0. The number of nitrogens with one attached hydrogen (secondary N) is 1. The van der Waals surface area contributed by atoms with Crippen molar-refractivity contribution in [3.63, 3.8) is 0 Å². The summed E-state index contributed by atoms with van der Waals surface area (Å²) in [5.74, 6) is 0.251. The minimum absolute atomic E-state index is 0.225. The van der Waals surface area contributed by atoms with Crippen LogP contribution in [0.4, 0.5) is 0 Å². The molecule has 0 aromatic heterocycles. The highest BCUT2D eigenvalue weighted by molar-refractivity contribution is 7.89. The topological polar surface area (TPSA) is 58.6 Å². The molecule has 18 heavy (non-hydrogen) atoms. The molecule has 1 fully saturated rings. The second-order valence-corrected chi connectivity index (χ2v) is 6.84. The summed E-state index contributed by atoms with van der Waals surface area (Å²) < 4.78 is 31.0. The highest BCUT2D eigenvalue weighted by atomic mass is 32.2. The average molecular weight is 278 g/mol. The van der Waals surface area contributed by atoms with Crippen LogP contribution in [0.25, 0.3) is 0 Å². The van der Waals surface area contributed by atoms with Gasteiger partial charge in [0, 0.05) is 20.2 Å². The van der Waals surface area contributed by atoms with Crippen LogP contribution in [0.15, 0.2) is 0 Å². The molecule has 0 saturated carbocycles. The van der Waals surface area contributed by atoms with Gasteiger partial charge in [-0.15, -0.1) is 0 Å². The zero-order valence-corrected chi connectivity index (χ0v) is 12.3. The number of ether oxygens (including phenoxy) is 1. The lowest BCUT2D eigenvalue weighted by Gasteiger charge is -2.30. The predicted molar refractivity (Wildman–Crippen MR) is 73.2 cm³/mol. The molecular weight excluding hydrogens is 252 g/mol. The van der Waals surface area contributed by atoms with Gasteiger partial charge >= 0.3 is 0 Å². The molecule has 1 rings (SSSR count). The summed E-state index contributed by atoms with van der Waals surface area (Å²) in [6.45, 7) is 5.04. The molecule has 5 nitrogen and oxygen atoms in total. The van der Waals surface area contributed by atoms with Crippen molar-refractivity contribution >= 4 is 10.0 Å². The summed E-state index contributed by atoms with van der Waals surface area (Å²) in [5, 5.41) is 3.22. The number of rotatable bonds is 8. The largest absolute Gasteiger partial charge is 0.381 e. The van der Waals surface area contributed by atoms with Crippen LogP contribution < -0.4 is 5.32 Å². The Hall–Kier alpha value is -0.170. The lowest BCUT2D eigenvalue weighted by atomic mass is 10.1. The summed E-state index contributed by atoms with van der Waals surface area (Å²) in [6, 6.07) is 0. The van der Waals surface area contributed by atoms with Crippen LogP contribution in [0.3, 0.4) is 0 Å². The van der Waals surface area contributed by atoms with Crippen molar-refractivity contribution in [3.05, 3.63) is 0 Å². The maximum absolute atomic E-state index is 12.1. The monoisotopic (exact) mass is 278 g/mol. The Kier molecular flexibility index (Phi) is 7.14. The van der Waals surface area contributed by atoms with Crippen LogP contribution in [-0.2, 0) is 14.8 Å². The molecule has 0 aromatic carbocycles. The molecule has 1 aliphatic rings. The van der Waals surface area contributed by atoms with Gasteiger partial charge in [0.1, 0.15) is 0 Å². The molecule has 1 N–H and O–H groups in total. The molecule has 0 aliphatic carbocycles. The zero-order valence-electron chi connectivity index (χ0n) is 11.5. The van der Waals surface area contributed by atoms with Crippen LogP contribution in [0, 0.1) is 0 Å². The van der Waals surface area contributed by atoms with Crippen LogP contribution in [-0.4, -0.2) is 57.9 Å². The van der Waals surface area contributed by atoms with Crippen molar-refractivity contribution in [2.24, 2.45) is 0 Å². The maximum atomic E-state index is 12.1. The third kappa shape index (κ3) is 5.22. The van der Waals surface area contributed by atoms with Gasteiger partial charge in [-0.25, -0.2) is 12.7 Å². The Morgan fingerprint density at radius 2 is 1.94 bits per heavy atom. The smallest absolute Gasteiger partial charge is 0.214 e. The average Bonchev–Trinajstić information content (AvgIpc) is 2.38. The van der Waals surface area contributed by atoms with Gasteiger partial charge in [-0.2, -0.15) is 0 Å². The van der Waals surface area contributed by atoms with E-state index in [1.54, 1.807) is 11.4 Å². The van der Waals surface area contributed by atoms with Crippen LogP contribution >= 0.6 is 0 Å². The lowest BCUT2D eigenvalue weighted by molar-refractivity contribution is 0.0604. The van der Waals surface area contributed by atoms with Crippen molar-refractivity contribution in [2.45, 2.75) is 38.7 Å². The first-order valence-electron chi connectivity index (χ1n) is 6.81. The molecule has 108 valence electrons. The standard InChI is InChI=1S/C12H26N2O3S/c1-3-7-13-8-4-11-18(15,16)14-9-5-12(17-2)6-10-14/h12-13H,3-11H2,1-2H3. The van der Waals surface area contributed by atoms with Gasteiger partial charge in [0.25, 0.3) is 0 Å². The van der Waals surface area contributed by atoms with Crippen molar-refractivity contribution < 1.29 is 13.2 Å². The first kappa shape index (κ1) is 15.9. The van der Waals surface area contributed by atoms with Gasteiger partial charge in [0.05, 0.1) is 11.9 Å². The van der Waals surface area contributed by atoms with Crippen molar-refractivity contribution in [2.75, 3.05) is 39.0 Å². The molecule has 0 amide bonds. The van der Waals surface area contributed by atoms with Crippen molar-refractivity contribution in [1.29, 1.82) is 0 Å². The van der Waals surface area contributed by atoms with E-state index in [1.807, 2.05) is 0 Å². The molecule has 1 aliphatic heterocycles. The summed E-state index contributed by atoms with van der Waals surface area (Å²) in [6.07, 6.45) is 3.61. The summed E-state index contributed by atoms with van der Waals surface area (Å²) >= 11 is 0. The predicted octanol–water partition coefficient (Wildman–Crippen LogP) is 0.817. The lowest BCUT2D eigenvalue weighted by Crippen LogP contribution is -2.42. The Balaban J connectivity index is 2.26. The fourth-order valence-electron chi connectivity index (χ4n) is 2.16. The Morgan fingerprint density at radius 3 is 2.50 bits per heavy atom. The van der Waals surface area contributed by atoms with Gasteiger partial charge in [-0.05, 0) is 38.8 Å². The van der Waals surface area contributed by atoms with E-state index in [4.69, 9.17) is 4.74 Å². The second kappa shape index (κ2) is 8.09. The van der Waals surface area contributed by atoms with Gasteiger partial charge < -0.3 is 10.1 Å². The number of piperidine rings is 1. The molecule has 0 unspecified atom stereocenters. The van der Waals surface area contributed by atoms with Gasteiger partial charge in [0.2, 0.25) is 10.0 Å². The van der Waals surface area contributed by atoms with Gasteiger partial charge in [-0.3, -0.25) is 0 Å². The van der Waals surface area contributed by atoms with E-state index >= 15 is 0 Å². The molecule has 0 atom stereocenters. The van der Waals surface area contributed by atoms with E-state index in [2.05, 4.69) is 12.2 Å². The minimum Gasteiger partial charge on any atom is -0.381 e. The number of methoxy groups -OCH3 is 1. The molecule has 1 heterocycles. The van der Waals surface area contributed by atoms with Gasteiger partial charge in [0.15, 0.2) is 0 Å². The third-order valence-corrected chi connectivity index (χ3v) is 5.27. The third-order valence-electron chi connectivity index (χ3n) is 3.31. The highest BCUT2D eigenvalue weighted by Gasteiger charge is 2.27. The van der Waals surface area contributed by atoms with Crippen LogP contribution in [0.5, 0.6) is 0 Å². The van der Waals surface area contributed by atoms with E-state index in [1.165, 1.54) is 0 Å². The van der Waals surface area contributed by atoms with Crippen LogP contribution in [0.2, 0.25) is 0 Å². The first-order valence-corrected chi connectivity index (χ1v) is 8.42. The van der Waals surface area contributed by atoms with E-state index < -0.39 is 10.0 Å². The molecule has 6 heteroatoms. The Morgan fingerprint density at radius 1 is 1.28 bits per heavy atom. The fraction of sp³-hybridized carbons (Fsp3) is 1.00. The molecule has 0 radical (unpaired) electrons. The maximum Gasteiger partial charge on any atom is 0.214 e. The van der Waals surface area contributed by atoms with E-state index in [0.717, 1.165) is 32.4 Å². The van der Waals surface area contributed by atoms with Crippen molar-refractivity contribution in [1.82, 2.24) is 9.62 Å². The van der Waals surface area contributed by atoms with E-state index in [0.29, 0.717) is 19.5 Å². The first-order chi connectivity index (χ1) is 8.60. The SMILES string of the molecule is CCCNCCCS(=O)(=O)N1CCC(OC)CC1. The molecule has 0 bridgehead atoms. The van der Waals surface area contributed by atoms with Crippen LogP contribution in [0.1, 0.15) is 32.6 Å². The minimum atomic E-state index is -3.06. The summed E-state index contributed by atoms with van der Waals surface area (Å²) in [5.41, 5.74) is 0. The number of hydrogen-bond donors (Lipinski definition) is 1. The quantitative estimate of drug-likeness (QED) is 0.668. The number of hydrogen-bond acceptors (Lipinski definition) is 4. The number of nitrogens with zero attached hydrogens (tertiary/aromatic N) is 1. The van der Waals surface area contributed by atoms with Crippen molar-refractivity contribution in [3.8, 4) is 0 Å². The van der Waals surface area contributed by atoms with E-state index in [9.17, 15) is 8.42 Å². The fourth-order valence-corrected chi connectivity index (χ4v) is 3.69. The second-order valence-electron chi connectivity index (χ2n) is 4.75. The molecular formula is C12H26N2O3S. The molecule has 1 saturated heterocycles. The van der Waals surface area contributed by atoms with Gasteiger partial charge in [-0.1, -0.05) is 6.92 Å². The normalized spacial score (nSPS) is 19.2. The molecule has 0 spiro atoms. The summed E-state index contributed by atoms with van der Waals surface area (Å²) in [7, 11) is -1.38. The Labute approximate surface area is 111 Å². The highest BCUT2D eigenvalue weighted by Crippen LogP contribution is 2.16. The number of sulfonamides is 1.